The summed E-state index contributed by atoms with van der Waals surface area (Å²) >= 11 is 0. The van der Waals surface area contributed by atoms with E-state index in [2.05, 4.69) is 10.2 Å². The van der Waals surface area contributed by atoms with E-state index in [-0.39, 0.29) is 35.6 Å². The Morgan fingerprint density at radius 2 is 2.12 bits per heavy atom. The number of nitrogens with zero attached hydrogens (tertiary/aromatic N) is 2. The topological polar surface area (TPSA) is 74.9 Å². The van der Waals surface area contributed by atoms with E-state index in [1.165, 1.54) is 25.7 Å². The molecule has 1 saturated heterocycles. The molecule has 25 heavy (non-hydrogen) atoms. The van der Waals surface area contributed by atoms with Gasteiger partial charge in [0.15, 0.2) is 15.8 Å². The highest BCUT2D eigenvalue weighted by Crippen LogP contribution is 2.20. The molecule has 2 fully saturated rings. The molecule has 6 nitrogen and oxygen atoms in total. The Bertz CT molecular complexity index is 655. The molecular weight excluding hydrogens is 453 g/mol. The molecular formula is C17H28IN3O3S. The van der Waals surface area contributed by atoms with Gasteiger partial charge in [0, 0.05) is 19.6 Å². The number of sulfone groups is 1. The van der Waals surface area contributed by atoms with E-state index < -0.39 is 9.84 Å². The third-order valence-corrected chi connectivity index (χ3v) is 6.69. The Labute approximate surface area is 167 Å². The molecule has 0 aromatic carbocycles. The first-order valence-corrected chi connectivity index (χ1v) is 10.6. The normalized spacial score (nSPS) is 23.4. The minimum atomic E-state index is -2.85. The van der Waals surface area contributed by atoms with Crippen LogP contribution in [-0.4, -0.2) is 50.4 Å². The molecule has 0 spiro atoms. The van der Waals surface area contributed by atoms with Crippen molar-refractivity contribution in [2.24, 2.45) is 10.9 Å². The summed E-state index contributed by atoms with van der Waals surface area (Å²) in [5, 5.41) is 3.56. The standard InChI is InChI=1S/C17H27N3O3S.HI/c1-20(12-16-7-4-9-23-16)17(19-15-5-2-3-6-15)18-11-14-8-10-24(21,22)13-14;/h4,7,9,14-15H,2-3,5-6,8,10-13H2,1H3,(H,18,19);1H. The van der Waals surface area contributed by atoms with Gasteiger partial charge in [-0.1, -0.05) is 12.8 Å². The summed E-state index contributed by atoms with van der Waals surface area (Å²) in [7, 11) is -0.851. The van der Waals surface area contributed by atoms with Crippen LogP contribution in [0.2, 0.25) is 0 Å². The largest absolute Gasteiger partial charge is 0.467 e. The lowest BCUT2D eigenvalue weighted by Crippen LogP contribution is -2.43. The Morgan fingerprint density at radius 3 is 2.72 bits per heavy atom. The van der Waals surface area contributed by atoms with E-state index in [4.69, 9.17) is 9.41 Å². The Morgan fingerprint density at radius 1 is 1.36 bits per heavy atom. The quantitative estimate of drug-likeness (QED) is 0.398. The molecule has 1 aliphatic carbocycles. The van der Waals surface area contributed by atoms with Crippen molar-refractivity contribution in [3.63, 3.8) is 0 Å². The zero-order valence-corrected chi connectivity index (χ0v) is 17.8. The summed E-state index contributed by atoms with van der Waals surface area (Å²) in [4.78, 5) is 6.80. The van der Waals surface area contributed by atoms with Gasteiger partial charge in [0.2, 0.25) is 0 Å². The van der Waals surface area contributed by atoms with Crippen molar-refractivity contribution in [2.45, 2.75) is 44.7 Å². The summed E-state index contributed by atoms with van der Waals surface area (Å²) in [6.07, 6.45) is 7.26. The third-order valence-electron chi connectivity index (χ3n) is 4.85. The lowest BCUT2D eigenvalue weighted by Gasteiger charge is -2.25. The number of hydrogen-bond acceptors (Lipinski definition) is 4. The molecule has 8 heteroatoms. The molecule has 1 aromatic rings. The molecule has 3 rings (SSSR count). The van der Waals surface area contributed by atoms with Gasteiger partial charge >= 0.3 is 0 Å². The number of hydrogen-bond donors (Lipinski definition) is 1. The second-order valence-corrected chi connectivity index (χ2v) is 9.22. The highest BCUT2D eigenvalue weighted by atomic mass is 127. The molecule has 2 heterocycles. The summed E-state index contributed by atoms with van der Waals surface area (Å²) in [6.45, 7) is 1.21. The first-order valence-electron chi connectivity index (χ1n) is 8.77. The highest BCUT2D eigenvalue weighted by molar-refractivity contribution is 14.0. The number of furan rings is 1. The van der Waals surface area contributed by atoms with Gasteiger partial charge in [-0.3, -0.25) is 4.99 Å². The summed E-state index contributed by atoms with van der Waals surface area (Å²) < 4.78 is 28.7. The van der Waals surface area contributed by atoms with Crippen LogP contribution in [0.1, 0.15) is 37.9 Å². The highest BCUT2D eigenvalue weighted by Gasteiger charge is 2.28. The zero-order valence-electron chi connectivity index (χ0n) is 14.7. The monoisotopic (exact) mass is 481 g/mol. The SMILES string of the molecule is CN(Cc1ccco1)C(=NCC1CCS(=O)(=O)C1)NC1CCCC1.I. The Hall–Kier alpha value is -0.770. The molecule has 1 saturated carbocycles. The molecule has 0 radical (unpaired) electrons. The summed E-state index contributed by atoms with van der Waals surface area (Å²) in [5.41, 5.74) is 0. The van der Waals surface area contributed by atoms with Crippen molar-refractivity contribution < 1.29 is 12.8 Å². The van der Waals surface area contributed by atoms with Crippen LogP contribution in [-0.2, 0) is 16.4 Å². The first-order chi connectivity index (χ1) is 11.5. The molecule has 1 atom stereocenters. The van der Waals surface area contributed by atoms with E-state index in [9.17, 15) is 8.42 Å². The van der Waals surface area contributed by atoms with Crippen LogP contribution in [0, 0.1) is 5.92 Å². The van der Waals surface area contributed by atoms with Crippen LogP contribution >= 0.6 is 24.0 Å². The van der Waals surface area contributed by atoms with Gasteiger partial charge in [0.1, 0.15) is 5.76 Å². The zero-order chi connectivity index (χ0) is 17.0. The van der Waals surface area contributed by atoms with Gasteiger partial charge in [-0.05, 0) is 37.3 Å². The van der Waals surface area contributed by atoms with Crippen LogP contribution in [0.25, 0.3) is 0 Å². The van der Waals surface area contributed by atoms with Gasteiger partial charge in [-0.25, -0.2) is 8.42 Å². The summed E-state index contributed by atoms with van der Waals surface area (Å²) in [5.74, 6) is 2.47. The van der Waals surface area contributed by atoms with Crippen molar-refractivity contribution in [1.29, 1.82) is 0 Å². The van der Waals surface area contributed by atoms with Gasteiger partial charge in [-0.15, -0.1) is 24.0 Å². The predicted octanol–water partition coefficient (Wildman–Crippen LogP) is 2.65. The van der Waals surface area contributed by atoms with Gasteiger partial charge in [-0.2, -0.15) is 0 Å². The lowest BCUT2D eigenvalue weighted by molar-refractivity contribution is 0.392. The van der Waals surface area contributed by atoms with Gasteiger partial charge in [0.05, 0.1) is 24.3 Å². The van der Waals surface area contributed by atoms with Crippen LogP contribution in [0.3, 0.4) is 0 Å². The van der Waals surface area contributed by atoms with E-state index in [0.29, 0.717) is 24.9 Å². The van der Waals surface area contributed by atoms with Crippen molar-refractivity contribution in [3.05, 3.63) is 24.2 Å². The average Bonchev–Trinajstić information content (AvgIpc) is 3.26. The van der Waals surface area contributed by atoms with Crippen molar-refractivity contribution >= 4 is 39.8 Å². The molecule has 1 aromatic heterocycles. The van der Waals surface area contributed by atoms with E-state index in [1.807, 2.05) is 19.2 Å². The van der Waals surface area contributed by atoms with Crippen LogP contribution in [0.15, 0.2) is 27.8 Å². The van der Waals surface area contributed by atoms with Crippen molar-refractivity contribution in [1.82, 2.24) is 10.2 Å². The minimum Gasteiger partial charge on any atom is -0.467 e. The maximum Gasteiger partial charge on any atom is 0.194 e. The van der Waals surface area contributed by atoms with Crippen LogP contribution in [0.5, 0.6) is 0 Å². The number of halogens is 1. The van der Waals surface area contributed by atoms with Gasteiger partial charge in [0.25, 0.3) is 0 Å². The Balaban J connectivity index is 0.00000225. The first kappa shape index (κ1) is 20.5. The minimum absolute atomic E-state index is 0. The molecule has 0 amide bonds. The molecule has 1 unspecified atom stereocenters. The van der Waals surface area contributed by atoms with E-state index in [0.717, 1.165) is 18.1 Å². The smallest absolute Gasteiger partial charge is 0.194 e. The number of nitrogens with one attached hydrogen (secondary N) is 1. The fourth-order valence-electron chi connectivity index (χ4n) is 3.47. The van der Waals surface area contributed by atoms with Crippen LogP contribution < -0.4 is 5.32 Å². The molecule has 1 N–H and O–H groups in total. The molecule has 1 aliphatic heterocycles. The van der Waals surface area contributed by atoms with E-state index >= 15 is 0 Å². The molecule has 142 valence electrons. The second kappa shape index (κ2) is 9.25. The van der Waals surface area contributed by atoms with Crippen molar-refractivity contribution in [2.75, 3.05) is 25.1 Å². The summed E-state index contributed by atoms with van der Waals surface area (Å²) in [6, 6.07) is 4.30. The van der Waals surface area contributed by atoms with Crippen LogP contribution in [0.4, 0.5) is 0 Å². The molecule has 0 bridgehead atoms. The van der Waals surface area contributed by atoms with Gasteiger partial charge < -0.3 is 14.6 Å². The number of aliphatic imine (C=N–C) groups is 1. The number of rotatable bonds is 5. The Kier molecular flexibility index (Phi) is 7.60. The van der Waals surface area contributed by atoms with Crippen molar-refractivity contribution in [3.8, 4) is 0 Å². The molecule has 2 aliphatic rings. The van der Waals surface area contributed by atoms with E-state index in [1.54, 1.807) is 6.26 Å². The fourth-order valence-corrected chi connectivity index (χ4v) is 5.32. The fraction of sp³-hybridized carbons (Fsp3) is 0.706. The maximum absolute atomic E-state index is 11.6. The third kappa shape index (κ3) is 6.16. The number of guanidine groups is 1. The second-order valence-electron chi connectivity index (χ2n) is 6.99. The average molecular weight is 481 g/mol. The predicted molar refractivity (Wildman–Crippen MR) is 110 cm³/mol. The maximum atomic E-state index is 11.6. The lowest BCUT2D eigenvalue weighted by atomic mass is 10.1.